The molecule has 0 aromatic heterocycles. The van der Waals surface area contributed by atoms with Gasteiger partial charge in [-0.1, -0.05) is 19.1 Å². The third-order valence-electron chi connectivity index (χ3n) is 5.44. The van der Waals surface area contributed by atoms with Crippen LogP contribution in [0.15, 0.2) is 24.3 Å². The molecule has 1 atom stereocenters. The van der Waals surface area contributed by atoms with E-state index in [0.29, 0.717) is 5.41 Å². The van der Waals surface area contributed by atoms with Gasteiger partial charge in [-0.25, -0.2) is 0 Å². The maximum atomic E-state index is 6.05. The number of rotatable bonds is 7. The lowest BCUT2D eigenvalue weighted by atomic mass is 9.89. The van der Waals surface area contributed by atoms with E-state index in [9.17, 15) is 0 Å². The highest BCUT2D eigenvalue weighted by Crippen LogP contribution is 2.30. The Kier molecular flexibility index (Phi) is 6.20. The van der Waals surface area contributed by atoms with Crippen LogP contribution < -0.4 is 15.0 Å². The summed E-state index contributed by atoms with van der Waals surface area (Å²) in [6, 6.07) is 8.48. The number of hydrogen-bond donors (Lipinski definition) is 1. The Morgan fingerprint density at radius 3 is 2.60 bits per heavy atom. The summed E-state index contributed by atoms with van der Waals surface area (Å²) >= 11 is 0. The van der Waals surface area contributed by atoms with Gasteiger partial charge in [-0.15, -0.1) is 0 Å². The SMILES string of the molecule is CN(C)CCOc1ccccc1N1CCN(CC2(C)CCNC2)CC1. The first-order valence-electron chi connectivity index (χ1n) is 9.60. The fourth-order valence-electron chi connectivity index (χ4n) is 3.87. The van der Waals surface area contributed by atoms with Crippen molar-refractivity contribution in [2.45, 2.75) is 13.3 Å². The van der Waals surface area contributed by atoms with Crippen LogP contribution in [0, 0.1) is 5.41 Å². The van der Waals surface area contributed by atoms with Crippen molar-refractivity contribution in [1.82, 2.24) is 15.1 Å². The molecule has 25 heavy (non-hydrogen) atoms. The van der Waals surface area contributed by atoms with Gasteiger partial charge in [0.15, 0.2) is 0 Å². The number of piperazine rings is 1. The predicted octanol–water partition coefficient (Wildman–Crippen LogP) is 1.75. The highest BCUT2D eigenvalue weighted by atomic mass is 16.5. The largest absolute Gasteiger partial charge is 0.490 e. The van der Waals surface area contributed by atoms with Crippen molar-refractivity contribution >= 4 is 5.69 Å². The lowest BCUT2D eigenvalue weighted by Gasteiger charge is -2.40. The van der Waals surface area contributed by atoms with Crippen LogP contribution in [0.2, 0.25) is 0 Å². The van der Waals surface area contributed by atoms with Crippen LogP contribution in [0.5, 0.6) is 5.75 Å². The second-order valence-corrected chi connectivity index (χ2v) is 8.12. The number of anilines is 1. The molecule has 140 valence electrons. The maximum absolute atomic E-state index is 6.05. The van der Waals surface area contributed by atoms with Crippen molar-refractivity contribution in [3.05, 3.63) is 24.3 Å². The van der Waals surface area contributed by atoms with E-state index in [2.05, 4.69) is 65.3 Å². The van der Waals surface area contributed by atoms with Crippen molar-refractivity contribution in [2.75, 3.05) is 78.0 Å². The molecule has 1 N–H and O–H groups in total. The normalized spacial score (nSPS) is 24.9. The van der Waals surface area contributed by atoms with E-state index in [1.54, 1.807) is 0 Å². The second-order valence-electron chi connectivity index (χ2n) is 8.12. The molecule has 2 aliphatic heterocycles. The summed E-state index contributed by atoms with van der Waals surface area (Å²) in [5.74, 6) is 1.02. The zero-order valence-electron chi connectivity index (χ0n) is 16.1. The predicted molar refractivity (Wildman–Crippen MR) is 105 cm³/mol. The number of para-hydroxylation sites is 2. The average Bonchev–Trinajstić information content (AvgIpc) is 3.02. The molecular weight excluding hydrogens is 312 g/mol. The van der Waals surface area contributed by atoms with Gasteiger partial charge in [0.1, 0.15) is 12.4 Å². The van der Waals surface area contributed by atoms with Gasteiger partial charge in [0, 0.05) is 45.8 Å². The molecule has 5 heteroatoms. The van der Waals surface area contributed by atoms with Crippen LogP contribution in [0.4, 0.5) is 5.69 Å². The first-order valence-corrected chi connectivity index (χ1v) is 9.60. The van der Waals surface area contributed by atoms with Crippen molar-refractivity contribution in [3.8, 4) is 5.75 Å². The van der Waals surface area contributed by atoms with Crippen LogP contribution in [0.3, 0.4) is 0 Å². The van der Waals surface area contributed by atoms with Gasteiger partial charge < -0.3 is 19.9 Å². The third-order valence-corrected chi connectivity index (χ3v) is 5.44. The van der Waals surface area contributed by atoms with E-state index in [1.165, 1.54) is 25.2 Å². The van der Waals surface area contributed by atoms with Crippen LogP contribution in [0.25, 0.3) is 0 Å². The molecule has 2 heterocycles. The molecule has 0 radical (unpaired) electrons. The summed E-state index contributed by atoms with van der Waals surface area (Å²) in [7, 11) is 4.16. The zero-order chi connectivity index (χ0) is 17.7. The first-order chi connectivity index (χ1) is 12.1. The fraction of sp³-hybridized carbons (Fsp3) is 0.700. The molecule has 0 saturated carbocycles. The summed E-state index contributed by atoms with van der Waals surface area (Å²) < 4.78 is 6.05. The van der Waals surface area contributed by atoms with E-state index >= 15 is 0 Å². The van der Waals surface area contributed by atoms with E-state index in [1.807, 2.05) is 0 Å². The Morgan fingerprint density at radius 1 is 1.16 bits per heavy atom. The monoisotopic (exact) mass is 346 g/mol. The molecule has 3 rings (SSSR count). The Labute approximate surface area is 152 Å². The second kappa shape index (κ2) is 8.39. The molecule has 2 fully saturated rings. The number of likely N-dealkylation sites (N-methyl/N-ethyl adjacent to an activating group) is 1. The molecule has 0 spiro atoms. The van der Waals surface area contributed by atoms with E-state index in [0.717, 1.165) is 51.6 Å². The fourth-order valence-corrected chi connectivity index (χ4v) is 3.87. The minimum atomic E-state index is 0.454. The lowest BCUT2D eigenvalue weighted by molar-refractivity contribution is 0.169. The number of hydrogen-bond acceptors (Lipinski definition) is 5. The van der Waals surface area contributed by atoms with Crippen LogP contribution in [-0.2, 0) is 0 Å². The van der Waals surface area contributed by atoms with Gasteiger partial charge >= 0.3 is 0 Å². The average molecular weight is 347 g/mol. The molecule has 5 nitrogen and oxygen atoms in total. The lowest BCUT2D eigenvalue weighted by Crippen LogP contribution is -2.50. The van der Waals surface area contributed by atoms with Gasteiger partial charge in [-0.2, -0.15) is 0 Å². The number of nitrogens with zero attached hydrogens (tertiary/aromatic N) is 3. The van der Waals surface area contributed by atoms with Gasteiger partial charge in [-0.05, 0) is 44.6 Å². The molecular formula is C20H34N4O. The van der Waals surface area contributed by atoms with E-state index < -0.39 is 0 Å². The Bertz CT molecular complexity index is 534. The maximum Gasteiger partial charge on any atom is 0.142 e. The van der Waals surface area contributed by atoms with Crippen LogP contribution >= 0.6 is 0 Å². The quantitative estimate of drug-likeness (QED) is 0.813. The summed E-state index contributed by atoms with van der Waals surface area (Å²) in [6.07, 6.45) is 1.30. The molecule has 1 unspecified atom stereocenters. The van der Waals surface area contributed by atoms with Gasteiger partial charge in [-0.3, -0.25) is 4.90 Å². The third kappa shape index (κ3) is 5.09. The topological polar surface area (TPSA) is 31.0 Å². The van der Waals surface area contributed by atoms with Crippen molar-refractivity contribution in [1.29, 1.82) is 0 Å². The minimum Gasteiger partial charge on any atom is -0.490 e. The standard InChI is InChI=1S/C20H34N4O/c1-20(8-9-21-16-20)17-23-10-12-24(13-11-23)18-6-4-5-7-19(18)25-15-14-22(2)3/h4-7,21H,8-17H2,1-3H3. The zero-order valence-corrected chi connectivity index (χ0v) is 16.1. The van der Waals surface area contributed by atoms with Gasteiger partial charge in [0.05, 0.1) is 5.69 Å². The van der Waals surface area contributed by atoms with Crippen LogP contribution in [0.1, 0.15) is 13.3 Å². The Hall–Kier alpha value is -1.30. The molecule has 1 aromatic carbocycles. The van der Waals surface area contributed by atoms with Crippen molar-refractivity contribution < 1.29 is 4.74 Å². The van der Waals surface area contributed by atoms with Gasteiger partial charge in [0.25, 0.3) is 0 Å². The van der Waals surface area contributed by atoms with Crippen LogP contribution in [-0.4, -0.2) is 82.9 Å². The minimum absolute atomic E-state index is 0.454. The molecule has 2 saturated heterocycles. The summed E-state index contributed by atoms with van der Waals surface area (Å²) in [4.78, 5) is 7.27. The highest BCUT2D eigenvalue weighted by Gasteiger charge is 2.32. The number of nitrogens with one attached hydrogen (secondary N) is 1. The molecule has 0 aliphatic carbocycles. The molecule has 1 aromatic rings. The summed E-state index contributed by atoms with van der Waals surface area (Å²) in [5, 5.41) is 3.51. The van der Waals surface area contributed by atoms with Crippen molar-refractivity contribution in [2.24, 2.45) is 5.41 Å². The smallest absolute Gasteiger partial charge is 0.142 e. The Morgan fingerprint density at radius 2 is 1.92 bits per heavy atom. The van der Waals surface area contributed by atoms with E-state index in [-0.39, 0.29) is 0 Å². The van der Waals surface area contributed by atoms with E-state index in [4.69, 9.17) is 4.74 Å². The Balaban J connectivity index is 1.54. The molecule has 2 aliphatic rings. The molecule has 0 bridgehead atoms. The van der Waals surface area contributed by atoms with Crippen molar-refractivity contribution in [3.63, 3.8) is 0 Å². The number of ether oxygens (including phenoxy) is 1. The summed E-state index contributed by atoms with van der Waals surface area (Å²) in [6.45, 7) is 12.1. The highest BCUT2D eigenvalue weighted by molar-refractivity contribution is 5.58. The number of benzene rings is 1. The van der Waals surface area contributed by atoms with Gasteiger partial charge in [0.2, 0.25) is 0 Å². The first kappa shape index (κ1) is 18.5. The summed E-state index contributed by atoms with van der Waals surface area (Å²) in [5.41, 5.74) is 1.70. The molecule has 0 amide bonds.